The van der Waals surface area contributed by atoms with Crippen molar-refractivity contribution in [1.29, 1.82) is 0 Å². The van der Waals surface area contributed by atoms with Crippen LogP contribution in [0.15, 0.2) is 24.3 Å². The third-order valence-corrected chi connectivity index (χ3v) is 2.71. The number of hydrogen-bond donors (Lipinski definition) is 0. The van der Waals surface area contributed by atoms with Crippen LogP contribution in [0.4, 0.5) is 0 Å². The molecule has 1 unspecified atom stereocenters. The van der Waals surface area contributed by atoms with Crippen LogP contribution in [-0.2, 0) is 4.74 Å². The quantitative estimate of drug-likeness (QED) is 0.668. The molecule has 0 aliphatic carbocycles. The van der Waals surface area contributed by atoms with Crippen LogP contribution in [0.5, 0.6) is 0 Å². The molecule has 0 radical (unpaired) electrons. The van der Waals surface area contributed by atoms with Crippen LogP contribution < -0.4 is 0 Å². The Hall–Kier alpha value is -1.15. The number of ketones is 1. The highest BCUT2D eigenvalue weighted by molar-refractivity contribution is 5.99. The maximum Gasteiger partial charge on any atom is 0.168 e. The average molecular weight is 190 g/mol. The van der Waals surface area contributed by atoms with Crippen molar-refractivity contribution in [3.63, 3.8) is 0 Å². The third-order valence-electron chi connectivity index (χ3n) is 2.71. The molecule has 0 aromatic heterocycles. The molecular formula is C12H14O2. The second kappa shape index (κ2) is 3.93. The van der Waals surface area contributed by atoms with Crippen LogP contribution in [0.25, 0.3) is 0 Å². The van der Waals surface area contributed by atoms with Crippen molar-refractivity contribution in [3.8, 4) is 0 Å². The summed E-state index contributed by atoms with van der Waals surface area (Å²) in [6.07, 6.45) is 0.868. The Bertz CT molecular complexity index is 338. The van der Waals surface area contributed by atoms with E-state index in [2.05, 4.69) is 0 Å². The summed E-state index contributed by atoms with van der Waals surface area (Å²) in [5, 5.41) is 0. The molecule has 1 saturated heterocycles. The molecule has 1 aromatic rings. The van der Waals surface area contributed by atoms with Crippen molar-refractivity contribution in [2.24, 2.45) is 5.92 Å². The van der Waals surface area contributed by atoms with Crippen LogP contribution >= 0.6 is 0 Å². The molecule has 0 spiro atoms. The summed E-state index contributed by atoms with van der Waals surface area (Å²) < 4.78 is 5.22. The molecule has 2 nitrogen and oxygen atoms in total. The average Bonchev–Trinajstić information content (AvgIpc) is 2.70. The first-order valence-corrected chi connectivity index (χ1v) is 4.96. The molecule has 1 heterocycles. The fraction of sp³-hybridized carbons (Fsp3) is 0.417. The van der Waals surface area contributed by atoms with Crippen molar-refractivity contribution in [1.82, 2.24) is 0 Å². The molecule has 2 heteroatoms. The van der Waals surface area contributed by atoms with Gasteiger partial charge in [-0.3, -0.25) is 4.79 Å². The summed E-state index contributed by atoms with van der Waals surface area (Å²) in [6, 6.07) is 7.74. The van der Waals surface area contributed by atoms with E-state index in [0.717, 1.165) is 24.2 Å². The Balaban J connectivity index is 2.22. The van der Waals surface area contributed by atoms with Gasteiger partial charge in [-0.1, -0.05) is 24.3 Å². The van der Waals surface area contributed by atoms with Gasteiger partial charge in [-0.25, -0.2) is 0 Å². The minimum absolute atomic E-state index is 0.0797. The Labute approximate surface area is 83.9 Å². The van der Waals surface area contributed by atoms with Crippen molar-refractivity contribution in [3.05, 3.63) is 35.4 Å². The van der Waals surface area contributed by atoms with E-state index in [0.29, 0.717) is 6.61 Å². The molecule has 1 aliphatic heterocycles. The molecule has 1 fully saturated rings. The van der Waals surface area contributed by atoms with E-state index >= 15 is 0 Å². The van der Waals surface area contributed by atoms with Crippen molar-refractivity contribution >= 4 is 5.78 Å². The predicted octanol–water partition coefficient (Wildman–Crippen LogP) is 2.21. The number of rotatable bonds is 2. The molecule has 1 atom stereocenters. The van der Waals surface area contributed by atoms with Gasteiger partial charge < -0.3 is 4.74 Å². The largest absolute Gasteiger partial charge is 0.381 e. The molecular weight excluding hydrogens is 176 g/mol. The van der Waals surface area contributed by atoms with Crippen molar-refractivity contribution < 1.29 is 9.53 Å². The van der Waals surface area contributed by atoms with Gasteiger partial charge in [0.15, 0.2) is 5.78 Å². The standard InChI is InChI=1S/C12H14O2/c1-9-4-2-3-5-11(9)12(13)10-6-7-14-8-10/h2-5,10H,6-8H2,1H3. The molecule has 0 bridgehead atoms. The Kier molecular flexibility index (Phi) is 2.64. The minimum Gasteiger partial charge on any atom is -0.381 e. The molecule has 0 saturated carbocycles. The van der Waals surface area contributed by atoms with Crippen molar-refractivity contribution in [2.45, 2.75) is 13.3 Å². The van der Waals surface area contributed by atoms with E-state index in [4.69, 9.17) is 4.74 Å². The SMILES string of the molecule is Cc1ccccc1C(=O)C1CCOC1. The Morgan fingerprint density at radius 3 is 2.86 bits per heavy atom. The lowest BCUT2D eigenvalue weighted by Crippen LogP contribution is -2.15. The summed E-state index contributed by atoms with van der Waals surface area (Å²) in [7, 11) is 0. The van der Waals surface area contributed by atoms with Crippen LogP contribution in [0.1, 0.15) is 22.3 Å². The lowest BCUT2D eigenvalue weighted by atomic mass is 9.94. The third kappa shape index (κ3) is 1.70. The number of ether oxygens (including phenoxy) is 1. The minimum atomic E-state index is 0.0797. The van der Waals surface area contributed by atoms with Gasteiger partial charge in [0.25, 0.3) is 0 Å². The number of aryl methyl sites for hydroxylation is 1. The van der Waals surface area contributed by atoms with Gasteiger partial charge in [0.05, 0.1) is 6.61 Å². The monoisotopic (exact) mass is 190 g/mol. The highest BCUT2D eigenvalue weighted by Gasteiger charge is 2.25. The summed E-state index contributed by atoms with van der Waals surface area (Å²) >= 11 is 0. The Morgan fingerprint density at radius 2 is 2.21 bits per heavy atom. The molecule has 74 valence electrons. The van der Waals surface area contributed by atoms with Crippen LogP contribution in [0, 0.1) is 12.8 Å². The maximum atomic E-state index is 12.0. The first-order valence-electron chi connectivity index (χ1n) is 4.96. The second-order valence-corrected chi connectivity index (χ2v) is 3.74. The van der Waals surface area contributed by atoms with Gasteiger partial charge in [-0.05, 0) is 18.9 Å². The normalized spacial score (nSPS) is 21.1. The van der Waals surface area contributed by atoms with E-state index in [1.165, 1.54) is 0 Å². The van der Waals surface area contributed by atoms with Gasteiger partial charge in [0, 0.05) is 18.1 Å². The predicted molar refractivity (Wildman–Crippen MR) is 54.4 cm³/mol. The van der Waals surface area contributed by atoms with E-state index in [9.17, 15) is 4.79 Å². The lowest BCUT2D eigenvalue weighted by molar-refractivity contribution is 0.0899. The first-order chi connectivity index (χ1) is 6.79. The number of benzene rings is 1. The van der Waals surface area contributed by atoms with Crippen LogP contribution in [0.2, 0.25) is 0 Å². The van der Waals surface area contributed by atoms with Gasteiger partial charge in [-0.15, -0.1) is 0 Å². The number of carbonyl (C=O) groups is 1. The fourth-order valence-electron chi connectivity index (χ4n) is 1.81. The van der Waals surface area contributed by atoms with Gasteiger partial charge in [0.1, 0.15) is 0 Å². The van der Waals surface area contributed by atoms with E-state index in [1.807, 2.05) is 31.2 Å². The summed E-state index contributed by atoms with van der Waals surface area (Å²) in [5.41, 5.74) is 1.91. The molecule has 14 heavy (non-hydrogen) atoms. The zero-order chi connectivity index (χ0) is 9.97. The topological polar surface area (TPSA) is 26.3 Å². The highest BCUT2D eigenvalue weighted by atomic mass is 16.5. The zero-order valence-electron chi connectivity index (χ0n) is 8.32. The number of hydrogen-bond acceptors (Lipinski definition) is 2. The maximum absolute atomic E-state index is 12.0. The summed E-state index contributed by atoms with van der Waals surface area (Å²) in [6.45, 7) is 3.29. The zero-order valence-corrected chi connectivity index (χ0v) is 8.32. The highest BCUT2D eigenvalue weighted by Crippen LogP contribution is 2.20. The van der Waals surface area contributed by atoms with Gasteiger partial charge >= 0.3 is 0 Å². The summed E-state index contributed by atoms with van der Waals surface area (Å²) in [4.78, 5) is 12.0. The molecule has 0 N–H and O–H groups in total. The smallest absolute Gasteiger partial charge is 0.168 e. The van der Waals surface area contributed by atoms with Gasteiger partial charge in [-0.2, -0.15) is 0 Å². The fourth-order valence-corrected chi connectivity index (χ4v) is 1.81. The number of carbonyl (C=O) groups excluding carboxylic acids is 1. The Morgan fingerprint density at radius 1 is 1.43 bits per heavy atom. The number of Topliss-reactive ketones (excluding diaryl/α,β-unsaturated/α-hetero) is 1. The second-order valence-electron chi connectivity index (χ2n) is 3.74. The van der Waals surface area contributed by atoms with E-state index in [-0.39, 0.29) is 11.7 Å². The van der Waals surface area contributed by atoms with E-state index < -0.39 is 0 Å². The molecule has 2 rings (SSSR count). The molecule has 1 aliphatic rings. The van der Waals surface area contributed by atoms with Crippen molar-refractivity contribution in [2.75, 3.05) is 13.2 Å². The van der Waals surface area contributed by atoms with E-state index in [1.54, 1.807) is 0 Å². The lowest BCUT2D eigenvalue weighted by Gasteiger charge is -2.08. The van der Waals surface area contributed by atoms with Gasteiger partial charge in [0.2, 0.25) is 0 Å². The first kappa shape index (κ1) is 9.41. The van der Waals surface area contributed by atoms with Crippen LogP contribution in [0.3, 0.4) is 0 Å². The summed E-state index contributed by atoms with van der Waals surface area (Å²) in [5.74, 6) is 0.316. The van der Waals surface area contributed by atoms with Crippen LogP contribution in [-0.4, -0.2) is 19.0 Å². The molecule has 1 aromatic carbocycles. The molecule has 0 amide bonds.